The zero-order valence-corrected chi connectivity index (χ0v) is 16.2. The number of urea groups is 1. The second-order valence-electron chi connectivity index (χ2n) is 6.05. The van der Waals surface area contributed by atoms with Crippen LogP contribution in [0, 0.1) is 11.6 Å². The van der Waals surface area contributed by atoms with E-state index >= 15 is 0 Å². The van der Waals surface area contributed by atoms with Crippen molar-refractivity contribution in [3.8, 4) is 5.19 Å². The van der Waals surface area contributed by atoms with Gasteiger partial charge in [-0.15, -0.1) is 0 Å². The van der Waals surface area contributed by atoms with E-state index in [9.17, 15) is 31.5 Å². The van der Waals surface area contributed by atoms with Gasteiger partial charge in [0.1, 0.15) is 22.7 Å². The van der Waals surface area contributed by atoms with Crippen molar-refractivity contribution in [2.24, 2.45) is 0 Å². The number of benzene rings is 1. The molecule has 3 N–H and O–H groups in total. The highest BCUT2D eigenvalue weighted by Crippen LogP contribution is 2.35. The molecule has 2 aromatic rings. The summed E-state index contributed by atoms with van der Waals surface area (Å²) in [5, 5.41) is 5.98. The van der Waals surface area contributed by atoms with Crippen LogP contribution in [0.3, 0.4) is 0 Å². The molecule has 1 fully saturated rings. The topological polar surface area (TPSA) is 92.4 Å². The molecule has 7 nitrogen and oxygen atoms in total. The maximum absolute atomic E-state index is 14.6. The van der Waals surface area contributed by atoms with Crippen LogP contribution in [0.15, 0.2) is 18.3 Å². The van der Waals surface area contributed by atoms with E-state index in [-0.39, 0.29) is 22.2 Å². The number of aromatic nitrogens is 1. The second kappa shape index (κ2) is 8.60. The summed E-state index contributed by atoms with van der Waals surface area (Å²) in [4.78, 5) is 27.5. The SMILES string of the molecule is O=C1NC[C@@H](C(=O)N[C@H](c2cnc(OCC(F)(F)F)s2)c2ccc(F)c(Cl)c2F)N1. The number of thiazole rings is 1. The standard InChI is InChI=1S/C16H12ClF5N4O3S/c17-10-7(18)2-1-6(11(10)19)12(26-13(27)8-3-23-14(28)25-8)9-4-24-15(30-9)29-5-16(20,21)22/h1-2,4,8,12H,3,5H2,(H,26,27)(H2,23,25,28)/t8-,12-/m0/s1. The number of halogens is 6. The first kappa shape index (κ1) is 22.0. The van der Waals surface area contributed by atoms with Crippen LogP contribution in [-0.4, -0.2) is 42.3 Å². The van der Waals surface area contributed by atoms with Crippen LogP contribution < -0.4 is 20.7 Å². The molecule has 1 saturated heterocycles. The molecular weight excluding hydrogens is 459 g/mol. The van der Waals surface area contributed by atoms with Gasteiger partial charge in [-0.2, -0.15) is 13.2 Å². The lowest BCUT2D eigenvalue weighted by molar-refractivity contribution is -0.153. The summed E-state index contributed by atoms with van der Waals surface area (Å²) in [6.07, 6.45) is -3.51. The van der Waals surface area contributed by atoms with Crippen LogP contribution in [0.1, 0.15) is 16.5 Å². The first-order chi connectivity index (χ1) is 14.0. The molecule has 2 atom stereocenters. The van der Waals surface area contributed by atoms with Crippen molar-refractivity contribution >= 4 is 34.9 Å². The summed E-state index contributed by atoms with van der Waals surface area (Å²) in [5.41, 5.74) is -0.252. The molecule has 3 rings (SSSR count). The maximum Gasteiger partial charge on any atom is 0.422 e. The smallest absolute Gasteiger partial charge is 0.422 e. The van der Waals surface area contributed by atoms with Gasteiger partial charge in [0.25, 0.3) is 5.19 Å². The first-order valence-electron chi connectivity index (χ1n) is 8.18. The van der Waals surface area contributed by atoms with Crippen LogP contribution in [-0.2, 0) is 4.79 Å². The molecule has 0 unspecified atom stereocenters. The monoisotopic (exact) mass is 470 g/mol. The Hall–Kier alpha value is -2.67. The zero-order valence-electron chi connectivity index (χ0n) is 14.6. The third-order valence-corrected chi connectivity index (χ3v) is 5.22. The van der Waals surface area contributed by atoms with Crippen LogP contribution in [0.4, 0.5) is 26.7 Å². The molecule has 3 amide bonds. The van der Waals surface area contributed by atoms with Crippen LogP contribution >= 0.6 is 22.9 Å². The van der Waals surface area contributed by atoms with E-state index in [2.05, 4.69) is 25.7 Å². The van der Waals surface area contributed by atoms with E-state index in [0.717, 1.165) is 18.3 Å². The molecule has 0 saturated carbocycles. The summed E-state index contributed by atoms with van der Waals surface area (Å²) >= 11 is 6.24. The second-order valence-corrected chi connectivity index (χ2v) is 7.45. The van der Waals surface area contributed by atoms with E-state index in [1.54, 1.807) is 0 Å². The minimum atomic E-state index is -4.59. The van der Waals surface area contributed by atoms with E-state index < -0.39 is 53.5 Å². The molecule has 1 aromatic carbocycles. The van der Waals surface area contributed by atoms with Gasteiger partial charge in [-0.3, -0.25) is 4.79 Å². The first-order valence-corrected chi connectivity index (χ1v) is 9.38. The fourth-order valence-electron chi connectivity index (χ4n) is 2.54. The summed E-state index contributed by atoms with van der Waals surface area (Å²) in [6.45, 7) is -1.62. The van der Waals surface area contributed by atoms with Crippen molar-refractivity contribution in [1.29, 1.82) is 0 Å². The van der Waals surface area contributed by atoms with Crippen LogP contribution in [0.5, 0.6) is 5.19 Å². The van der Waals surface area contributed by atoms with E-state index in [1.165, 1.54) is 0 Å². The molecule has 14 heteroatoms. The Labute approximate surface area is 174 Å². The van der Waals surface area contributed by atoms with Gasteiger partial charge < -0.3 is 20.7 Å². The molecule has 0 radical (unpaired) electrons. The number of rotatable bonds is 6. The highest BCUT2D eigenvalue weighted by atomic mass is 35.5. The van der Waals surface area contributed by atoms with Gasteiger partial charge in [0.2, 0.25) is 5.91 Å². The Bertz CT molecular complexity index is 971. The van der Waals surface area contributed by atoms with Crippen LogP contribution in [0.2, 0.25) is 5.02 Å². The Kier molecular flexibility index (Phi) is 6.31. The maximum atomic E-state index is 14.6. The summed E-state index contributed by atoms with van der Waals surface area (Å²) in [5.74, 6) is -2.92. The zero-order chi connectivity index (χ0) is 22.1. The molecule has 1 aliphatic rings. The summed E-state index contributed by atoms with van der Waals surface area (Å²) in [7, 11) is 0. The number of carbonyl (C=O) groups is 2. The van der Waals surface area contributed by atoms with Gasteiger partial charge in [-0.25, -0.2) is 18.6 Å². The largest absolute Gasteiger partial charge is 0.460 e. The van der Waals surface area contributed by atoms with E-state index in [1.807, 2.05) is 0 Å². The molecular formula is C16H12ClF5N4O3S. The Morgan fingerprint density at radius 3 is 2.77 bits per heavy atom. The number of ether oxygens (including phenoxy) is 1. The minimum Gasteiger partial charge on any atom is -0.460 e. The van der Waals surface area contributed by atoms with Gasteiger partial charge in [-0.05, 0) is 6.07 Å². The van der Waals surface area contributed by atoms with Gasteiger partial charge in [0.15, 0.2) is 6.61 Å². The van der Waals surface area contributed by atoms with Crippen molar-refractivity contribution in [1.82, 2.24) is 20.9 Å². The number of hydrogen-bond acceptors (Lipinski definition) is 5. The highest BCUT2D eigenvalue weighted by molar-refractivity contribution is 7.13. The minimum absolute atomic E-state index is 0.0350. The summed E-state index contributed by atoms with van der Waals surface area (Å²) in [6, 6.07) is -0.936. The Balaban J connectivity index is 1.90. The van der Waals surface area contributed by atoms with Crippen molar-refractivity contribution in [2.75, 3.05) is 13.2 Å². The van der Waals surface area contributed by atoms with Crippen molar-refractivity contribution in [3.63, 3.8) is 0 Å². The number of hydrogen-bond donors (Lipinski definition) is 3. The molecule has 2 heterocycles. The average molecular weight is 471 g/mol. The van der Waals surface area contributed by atoms with Gasteiger partial charge in [0, 0.05) is 18.3 Å². The Morgan fingerprint density at radius 2 is 2.13 bits per heavy atom. The lowest BCUT2D eigenvalue weighted by Gasteiger charge is -2.20. The number of nitrogens with zero attached hydrogens (tertiary/aromatic N) is 1. The van der Waals surface area contributed by atoms with Crippen molar-refractivity contribution in [2.45, 2.75) is 18.3 Å². The number of nitrogens with one attached hydrogen (secondary N) is 3. The van der Waals surface area contributed by atoms with E-state index in [0.29, 0.717) is 11.3 Å². The molecule has 1 aliphatic heterocycles. The van der Waals surface area contributed by atoms with Crippen LogP contribution in [0.25, 0.3) is 0 Å². The van der Waals surface area contributed by atoms with Gasteiger partial charge >= 0.3 is 12.2 Å². The number of carbonyl (C=O) groups excluding carboxylic acids is 2. The average Bonchev–Trinajstić information content (AvgIpc) is 3.31. The van der Waals surface area contributed by atoms with Gasteiger partial charge in [0.05, 0.1) is 10.9 Å². The predicted molar refractivity (Wildman–Crippen MR) is 95.3 cm³/mol. The van der Waals surface area contributed by atoms with Gasteiger partial charge in [-0.1, -0.05) is 29.0 Å². The lowest BCUT2D eigenvalue weighted by Crippen LogP contribution is -2.44. The fraction of sp³-hybridized carbons (Fsp3) is 0.312. The predicted octanol–water partition coefficient (Wildman–Crippen LogP) is 2.90. The normalized spacial score (nSPS) is 17.3. The molecule has 0 bridgehead atoms. The lowest BCUT2D eigenvalue weighted by atomic mass is 10.0. The van der Waals surface area contributed by atoms with Crippen molar-refractivity contribution in [3.05, 3.63) is 45.4 Å². The summed E-state index contributed by atoms with van der Waals surface area (Å²) < 4.78 is 69.7. The number of amides is 3. The molecule has 0 aliphatic carbocycles. The molecule has 0 spiro atoms. The fourth-order valence-corrected chi connectivity index (χ4v) is 3.54. The third-order valence-electron chi connectivity index (χ3n) is 3.90. The Morgan fingerprint density at radius 1 is 1.40 bits per heavy atom. The van der Waals surface area contributed by atoms with E-state index in [4.69, 9.17) is 11.6 Å². The third kappa shape index (κ3) is 5.08. The van der Waals surface area contributed by atoms with Crippen molar-refractivity contribution < 1.29 is 36.3 Å². The number of alkyl halides is 3. The highest BCUT2D eigenvalue weighted by Gasteiger charge is 2.32. The quantitative estimate of drug-likeness (QED) is 0.447. The molecule has 162 valence electrons. The molecule has 30 heavy (non-hydrogen) atoms. The molecule has 1 aromatic heterocycles.